The van der Waals surface area contributed by atoms with Crippen LogP contribution in [0.15, 0.2) is 18.2 Å². The Morgan fingerprint density at radius 3 is 2.50 bits per heavy atom. The summed E-state index contributed by atoms with van der Waals surface area (Å²) in [6.07, 6.45) is -0.530. The maximum Gasteiger partial charge on any atom is 0.320 e. The molecule has 16 heavy (non-hydrogen) atoms. The number of carboxylic acids is 1. The zero-order valence-electron chi connectivity index (χ0n) is 8.11. The monoisotopic (exact) mass is 229 g/mol. The molecule has 0 fully saturated rings. The molecular weight excluding hydrogens is 220 g/mol. The van der Waals surface area contributed by atoms with Crippen molar-refractivity contribution >= 4 is 11.8 Å². The molecule has 0 aliphatic carbocycles. The average Bonchev–Trinajstić information content (AvgIpc) is 2.16. The predicted octanol–water partition coefficient (Wildman–Crippen LogP) is 0.950. The summed E-state index contributed by atoms with van der Waals surface area (Å²) in [6.45, 7) is 0. The van der Waals surface area contributed by atoms with Crippen LogP contribution in [0.3, 0.4) is 0 Å². The van der Waals surface area contributed by atoms with Gasteiger partial charge in [-0.1, -0.05) is 0 Å². The SMILES string of the molecule is NC(CC(=O)c1ccc(F)cc1F)C(=O)O. The van der Waals surface area contributed by atoms with Crippen LogP contribution in [0.4, 0.5) is 8.78 Å². The zero-order valence-corrected chi connectivity index (χ0v) is 8.11. The van der Waals surface area contributed by atoms with Crippen molar-refractivity contribution in [1.29, 1.82) is 0 Å². The molecule has 1 rings (SSSR count). The third-order valence-electron chi connectivity index (χ3n) is 1.95. The van der Waals surface area contributed by atoms with Crippen molar-refractivity contribution in [3.63, 3.8) is 0 Å². The number of rotatable bonds is 4. The number of ketones is 1. The Morgan fingerprint density at radius 2 is 2.00 bits per heavy atom. The standard InChI is InChI=1S/C10H9F2NO3/c11-5-1-2-6(7(12)3-5)9(14)4-8(13)10(15)16/h1-3,8H,4,13H2,(H,15,16). The summed E-state index contributed by atoms with van der Waals surface area (Å²) < 4.78 is 25.6. The highest BCUT2D eigenvalue weighted by Gasteiger charge is 2.19. The molecule has 4 nitrogen and oxygen atoms in total. The van der Waals surface area contributed by atoms with Crippen molar-refractivity contribution in [3.05, 3.63) is 35.4 Å². The van der Waals surface area contributed by atoms with Gasteiger partial charge in [0.2, 0.25) is 0 Å². The molecule has 1 aromatic carbocycles. The van der Waals surface area contributed by atoms with E-state index in [1.165, 1.54) is 0 Å². The fourth-order valence-corrected chi connectivity index (χ4v) is 1.11. The second-order valence-corrected chi connectivity index (χ2v) is 3.20. The van der Waals surface area contributed by atoms with Crippen LogP contribution in [-0.2, 0) is 4.79 Å². The number of nitrogens with two attached hydrogens (primary N) is 1. The van der Waals surface area contributed by atoms with Crippen molar-refractivity contribution in [1.82, 2.24) is 0 Å². The summed E-state index contributed by atoms with van der Waals surface area (Å²) in [5.41, 5.74) is 4.75. The number of hydrogen-bond acceptors (Lipinski definition) is 3. The summed E-state index contributed by atoms with van der Waals surface area (Å²) in [4.78, 5) is 21.8. The number of carbonyl (C=O) groups excluding carboxylic acids is 1. The topological polar surface area (TPSA) is 80.4 Å². The lowest BCUT2D eigenvalue weighted by Gasteiger charge is -2.06. The molecule has 0 saturated carbocycles. The number of carbonyl (C=O) groups is 2. The second-order valence-electron chi connectivity index (χ2n) is 3.20. The fourth-order valence-electron chi connectivity index (χ4n) is 1.11. The van der Waals surface area contributed by atoms with Crippen LogP contribution in [-0.4, -0.2) is 22.9 Å². The first-order valence-corrected chi connectivity index (χ1v) is 4.38. The minimum absolute atomic E-state index is 0.363. The van der Waals surface area contributed by atoms with Crippen molar-refractivity contribution in [2.24, 2.45) is 5.73 Å². The molecule has 0 aliphatic rings. The summed E-state index contributed by atoms with van der Waals surface area (Å²) in [7, 11) is 0. The van der Waals surface area contributed by atoms with Gasteiger partial charge < -0.3 is 10.8 Å². The van der Waals surface area contributed by atoms with E-state index in [4.69, 9.17) is 10.8 Å². The van der Waals surface area contributed by atoms with E-state index >= 15 is 0 Å². The third kappa shape index (κ3) is 2.83. The molecule has 0 bridgehead atoms. The van der Waals surface area contributed by atoms with Crippen LogP contribution in [0.5, 0.6) is 0 Å². The summed E-state index contributed by atoms with van der Waals surface area (Å²) >= 11 is 0. The molecule has 3 N–H and O–H groups in total. The molecule has 0 aromatic heterocycles. The minimum atomic E-state index is -1.39. The molecule has 0 amide bonds. The number of carboxylic acid groups (broad SMARTS) is 1. The molecule has 0 aliphatic heterocycles. The van der Waals surface area contributed by atoms with Gasteiger partial charge in [-0.3, -0.25) is 9.59 Å². The molecule has 1 atom stereocenters. The summed E-state index contributed by atoms with van der Waals surface area (Å²) in [5, 5.41) is 8.46. The Labute approximate surface area is 89.7 Å². The summed E-state index contributed by atoms with van der Waals surface area (Å²) in [5.74, 6) is -3.96. The van der Waals surface area contributed by atoms with Crippen LogP contribution < -0.4 is 5.73 Å². The van der Waals surface area contributed by atoms with Gasteiger partial charge in [0.15, 0.2) is 5.78 Å². The first kappa shape index (κ1) is 12.3. The highest BCUT2D eigenvalue weighted by atomic mass is 19.1. The van der Waals surface area contributed by atoms with Crippen LogP contribution in [0.2, 0.25) is 0 Å². The maximum atomic E-state index is 13.1. The van der Waals surface area contributed by atoms with Gasteiger partial charge in [-0.25, -0.2) is 8.78 Å². The molecule has 0 radical (unpaired) electrons. The molecule has 6 heteroatoms. The quantitative estimate of drug-likeness (QED) is 0.753. The molecule has 0 heterocycles. The first-order valence-electron chi connectivity index (χ1n) is 4.38. The molecule has 0 spiro atoms. The van der Waals surface area contributed by atoms with Crippen molar-refractivity contribution in [3.8, 4) is 0 Å². The van der Waals surface area contributed by atoms with Gasteiger partial charge in [0.05, 0.1) is 5.56 Å². The Hall–Kier alpha value is -1.82. The van der Waals surface area contributed by atoms with Crippen molar-refractivity contribution in [2.75, 3.05) is 0 Å². The number of halogens is 2. The van der Waals surface area contributed by atoms with Crippen LogP contribution in [0.25, 0.3) is 0 Å². The van der Waals surface area contributed by atoms with E-state index in [9.17, 15) is 18.4 Å². The van der Waals surface area contributed by atoms with E-state index in [0.29, 0.717) is 6.07 Å². The number of Topliss-reactive ketones (excluding diaryl/α,β-unsaturated/α-hetero) is 1. The average molecular weight is 229 g/mol. The molecule has 1 unspecified atom stereocenters. The van der Waals surface area contributed by atoms with Crippen molar-refractivity contribution < 1.29 is 23.5 Å². The molecular formula is C10H9F2NO3. The van der Waals surface area contributed by atoms with Crippen LogP contribution in [0, 0.1) is 11.6 Å². The van der Waals surface area contributed by atoms with E-state index in [0.717, 1.165) is 12.1 Å². The molecule has 86 valence electrons. The van der Waals surface area contributed by atoms with E-state index in [1.807, 2.05) is 0 Å². The number of hydrogen-bond donors (Lipinski definition) is 2. The Balaban J connectivity index is 2.85. The lowest BCUT2D eigenvalue weighted by atomic mass is 10.0. The van der Waals surface area contributed by atoms with E-state index in [1.54, 1.807) is 0 Å². The molecule has 0 saturated heterocycles. The smallest absolute Gasteiger partial charge is 0.320 e. The van der Waals surface area contributed by atoms with Gasteiger partial charge >= 0.3 is 5.97 Å². The van der Waals surface area contributed by atoms with Gasteiger partial charge in [0, 0.05) is 12.5 Å². The third-order valence-corrected chi connectivity index (χ3v) is 1.95. The first-order chi connectivity index (χ1) is 7.41. The normalized spacial score (nSPS) is 12.2. The van der Waals surface area contributed by atoms with Gasteiger partial charge in [-0.15, -0.1) is 0 Å². The highest BCUT2D eigenvalue weighted by Crippen LogP contribution is 2.12. The van der Waals surface area contributed by atoms with Gasteiger partial charge in [-0.05, 0) is 12.1 Å². The lowest BCUT2D eigenvalue weighted by molar-refractivity contribution is -0.138. The highest BCUT2D eigenvalue weighted by molar-refractivity contribution is 5.98. The van der Waals surface area contributed by atoms with E-state index in [2.05, 4.69) is 0 Å². The van der Waals surface area contributed by atoms with Gasteiger partial charge in [-0.2, -0.15) is 0 Å². The second kappa shape index (κ2) is 4.80. The maximum absolute atomic E-state index is 13.1. The van der Waals surface area contributed by atoms with Gasteiger partial charge in [0.1, 0.15) is 17.7 Å². The van der Waals surface area contributed by atoms with E-state index < -0.39 is 35.8 Å². The number of benzene rings is 1. The lowest BCUT2D eigenvalue weighted by Crippen LogP contribution is -2.32. The minimum Gasteiger partial charge on any atom is -0.480 e. The Morgan fingerprint density at radius 1 is 1.38 bits per heavy atom. The Bertz CT molecular complexity index is 434. The van der Waals surface area contributed by atoms with E-state index in [-0.39, 0.29) is 5.56 Å². The van der Waals surface area contributed by atoms with Crippen molar-refractivity contribution in [2.45, 2.75) is 12.5 Å². The largest absolute Gasteiger partial charge is 0.480 e. The predicted molar refractivity (Wildman–Crippen MR) is 50.9 cm³/mol. The summed E-state index contributed by atoms with van der Waals surface area (Å²) in [6, 6.07) is 1.04. The van der Waals surface area contributed by atoms with Crippen LogP contribution >= 0.6 is 0 Å². The van der Waals surface area contributed by atoms with Crippen LogP contribution in [0.1, 0.15) is 16.8 Å². The number of aliphatic carboxylic acids is 1. The fraction of sp³-hybridized carbons (Fsp3) is 0.200. The molecule has 1 aromatic rings. The Kier molecular flexibility index (Phi) is 3.68. The van der Waals surface area contributed by atoms with Gasteiger partial charge in [0.25, 0.3) is 0 Å². The zero-order chi connectivity index (χ0) is 12.3.